The third-order valence-corrected chi connectivity index (χ3v) is 5.52. The van der Waals surface area contributed by atoms with Crippen LogP contribution < -0.4 is 5.32 Å². The lowest BCUT2D eigenvalue weighted by Crippen LogP contribution is -2.41. The molecule has 2 amide bonds. The van der Waals surface area contributed by atoms with Crippen molar-refractivity contribution in [1.29, 1.82) is 0 Å². The van der Waals surface area contributed by atoms with E-state index in [-0.39, 0.29) is 11.8 Å². The summed E-state index contributed by atoms with van der Waals surface area (Å²) in [6, 6.07) is 5.68. The third-order valence-electron chi connectivity index (χ3n) is 5.52. The van der Waals surface area contributed by atoms with E-state index in [1.54, 1.807) is 6.20 Å². The van der Waals surface area contributed by atoms with E-state index >= 15 is 0 Å². The van der Waals surface area contributed by atoms with Gasteiger partial charge in [0.2, 0.25) is 11.8 Å². The lowest BCUT2D eigenvalue weighted by molar-refractivity contribution is -0.131. The smallest absolute Gasteiger partial charge is 0.246 e. The number of hydrogen-bond donors (Lipinski definition) is 1. The third kappa shape index (κ3) is 5.81. The molecule has 0 spiro atoms. The van der Waals surface area contributed by atoms with Crippen molar-refractivity contribution in [2.75, 3.05) is 38.5 Å². The van der Waals surface area contributed by atoms with Gasteiger partial charge in [0, 0.05) is 51.9 Å². The Morgan fingerprint density at radius 3 is 2.70 bits per heavy atom. The number of piperidine rings is 1. The van der Waals surface area contributed by atoms with E-state index in [1.165, 1.54) is 12.0 Å². The second kappa shape index (κ2) is 9.53. The minimum atomic E-state index is 0.145. The number of allylic oxidation sites excluding steroid dienone is 1. The van der Waals surface area contributed by atoms with Crippen LogP contribution in [-0.4, -0.2) is 59.8 Å². The molecule has 2 heterocycles. The van der Waals surface area contributed by atoms with Crippen LogP contribution in [0.3, 0.4) is 0 Å². The summed E-state index contributed by atoms with van der Waals surface area (Å²) in [6.45, 7) is 2.96. The molecule has 1 aliphatic heterocycles. The quantitative estimate of drug-likeness (QED) is 0.750. The molecule has 1 aliphatic carbocycles. The molecule has 0 bridgehead atoms. The summed E-state index contributed by atoms with van der Waals surface area (Å²) in [7, 11) is 1.88. The summed E-state index contributed by atoms with van der Waals surface area (Å²) in [4.78, 5) is 32.6. The van der Waals surface area contributed by atoms with Gasteiger partial charge in [0.05, 0.1) is 0 Å². The second-order valence-corrected chi connectivity index (χ2v) is 7.59. The van der Waals surface area contributed by atoms with Gasteiger partial charge >= 0.3 is 0 Å². The number of pyridine rings is 1. The molecule has 27 heavy (non-hydrogen) atoms. The molecule has 0 atom stereocenters. The molecule has 6 heteroatoms. The highest BCUT2D eigenvalue weighted by atomic mass is 16.2. The van der Waals surface area contributed by atoms with Gasteiger partial charge in [-0.25, -0.2) is 4.98 Å². The van der Waals surface area contributed by atoms with Crippen molar-refractivity contribution in [1.82, 2.24) is 14.8 Å². The molecule has 0 radical (unpaired) electrons. The van der Waals surface area contributed by atoms with Gasteiger partial charge < -0.3 is 15.1 Å². The number of carbonyl (C=O) groups excluding carboxylic acids is 2. The minimum absolute atomic E-state index is 0.145. The maximum atomic E-state index is 12.3. The minimum Gasteiger partial charge on any atom is -0.370 e. The molecule has 1 aromatic rings. The number of hydrogen-bond acceptors (Lipinski definition) is 4. The summed E-state index contributed by atoms with van der Waals surface area (Å²) >= 11 is 0. The average molecular weight is 370 g/mol. The van der Waals surface area contributed by atoms with E-state index < -0.39 is 0 Å². The molecule has 0 unspecified atom stereocenters. The lowest BCUT2D eigenvalue weighted by Gasteiger charge is -2.34. The largest absolute Gasteiger partial charge is 0.370 e. The Morgan fingerprint density at radius 1 is 1.30 bits per heavy atom. The lowest BCUT2D eigenvalue weighted by atomic mass is 9.91. The Kier molecular flexibility index (Phi) is 6.85. The zero-order valence-corrected chi connectivity index (χ0v) is 16.2. The Hall–Kier alpha value is -2.37. The first-order valence-electron chi connectivity index (χ1n) is 9.99. The van der Waals surface area contributed by atoms with E-state index in [9.17, 15) is 9.59 Å². The standard InChI is InChI=1S/C21H30N4O2/c1-24(20(26)8-12-23-19-7-2-3-11-22-19)16-18-9-13-25(14-10-18)21(27)15-17-5-4-6-17/h2-3,7,11,15,18H,4-6,8-10,12-14,16H2,1H3,(H,22,23). The number of rotatable bonds is 7. The monoisotopic (exact) mass is 370 g/mol. The summed E-state index contributed by atoms with van der Waals surface area (Å²) < 4.78 is 0. The Labute approximate surface area is 161 Å². The van der Waals surface area contributed by atoms with Crippen molar-refractivity contribution in [2.24, 2.45) is 5.92 Å². The SMILES string of the molecule is CN(CC1CCN(C(=O)C=C2CCC2)CC1)C(=O)CCNc1ccccn1. The van der Waals surface area contributed by atoms with Gasteiger partial charge in [-0.2, -0.15) is 0 Å². The molecule has 1 saturated carbocycles. The Balaban J connectivity index is 1.34. The van der Waals surface area contributed by atoms with Crippen LogP contribution in [-0.2, 0) is 9.59 Å². The predicted octanol–water partition coefficient (Wildman–Crippen LogP) is 2.69. The zero-order chi connectivity index (χ0) is 19.1. The van der Waals surface area contributed by atoms with Gasteiger partial charge in [0.1, 0.15) is 5.82 Å². The van der Waals surface area contributed by atoms with Crippen molar-refractivity contribution >= 4 is 17.6 Å². The number of aromatic nitrogens is 1. The van der Waals surface area contributed by atoms with E-state index in [0.717, 1.165) is 51.1 Å². The second-order valence-electron chi connectivity index (χ2n) is 7.59. The molecule has 1 N–H and O–H groups in total. The highest BCUT2D eigenvalue weighted by molar-refractivity contribution is 5.88. The Bertz CT molecular complexity index is 660. The maximum Gasteiger partial charge on any atom is 0.246 e. The van der Waals surface area contributed by atoms with Gasteiger partial charge in [-0.15, -0.1) is 0 Å². The van der Waals surface area contributed by atoms with E-state index in [1.807, 2.05) is 41.1 Å². The number of nitrogens with zero attached hydrogens (tertiary/aromatic N) is 3. The van der Waals surface area contributed by atoms with E-state index in [0.29, 0.717) is 18.9 Å². The number of anilines is 1. The average Bonchev–Trinajstić information content (AvgIpc) is 2.66. The van der Waals surface area contributed by atoms with Crippen LogP contribution in [0.15, 0.2) is 36.0 Å². The van der Waals surface area contributed by atoms with Crippen LogP contribution in [0, 0.1) is 5.92 Å². The maximum absolute atomic E-state index is 12.3. The fourth-order valence-corrected chi connectivity index (χ4v) is 3.57. The summed E-state index contributed by atoms with van der Waals surface area (Å²) in [5, 5.41) is 3.17. The molecule has 1 saturated heterocycles. The van der Waals surface area contributed by atoms with Crippen LogP contribution in [0.5, 0.6) is 0 Å². The highest BCUT2D eigenvalue weighted by Gasteiger charge is 2.24. The van der Waals surface area contributed by atoms with Crippen LogP contribution in [0.2, 0.25) is 0 Å². The molecule has 6 nitrogen and oxygen atoms in total. The van der Waals surface area contributed by atoms with E-state index in [2.05, 4.69) is 10.3 Å². The molecule has 146 valence electrons. The van der Waals surface area contributed by atoms with Crippen LogP contribution in [0.25, 0.3) is 0 Å². The summed E-state index contributed by atoms with van der Waals surface area (Å²) in [6.07, 6.45) is 9.37. The van der Waals surface area contributed by atoms with Gasteiger partial charge in [-0.1, -0.05) is 11.6 Å². The van der Waals surface area contributed by atoms with Crippen molar-refractivity contribution in [3.8, 4) is 0 Å². The molecule has 2 fully saturated rings. The number of likely N-dealkylation sites (tertiary alicyclic amines) is 1. The molecular weight excluding hydrogens is 340 g/mol. The van der Waals surface area contributed by atoms with Crippen LogP contribution in [0.1, 0.15) is 38.5 Å². The van der Waals surface area contributed by atoms with Crippen molar-refractivity contribution in [2.45, 2.75) is 38.5 Å². The van der Waals surface area contributed by atoms with Crippen molar-refractivity contribution in [3.63, 3.8) is 0 Å². The van der Waals surface area contributed by atoms with Gasteiger partial charge in [-0.05, 0) is 50.2 Å². The molecular formula is C21H30N4O2. The molecule has 3 rings (SSSR count). The molecule has 1 aromatic heterocycles. The summed E-state index contributed by atoms with van der Waals surface area (Å²) in [5.74, 6) is 1.59. The molecule has 2 aliphatic rings. The predicted molar refractivity (Wildman–Crippen MR) is 106 cm³/mol. The van der Waals surface area contributed by atoms with Gasteiger partial charge in [0.25, 0.3) is 0 Å². The van der Waals surface area contributed by atoms with Gasteiger partial charge in [-0.3, -0.25) is 9.59 Å². The number of nitrogens with one attached hydrogen (secondary N) is 1. The normalized spacial score (nSPS) is 17.2. The van der Waals surface area contributed by atoms with Crippen LogP contribution >= 0.6 is 0 Å². The van der Waals surface area contributed by atoms with Crippen molar-refractivity contribution in [3.05, 3.63) is 36.0 Å². The molecule has 0 aromatic carbocycles. The van der Waals surface area contributed by atoms with Crippen LogP contribution in [0.4, 0.5) is 5.82 Å². The van der Waals surface area contributed by atoms with Crippen molar-refractivity contribution < 1.29 is 9.59 Å². The summed E-state index contributed by atoms with van der Waals surface area (Å²) in [5.41, 5.74) is 1.30. The van der Waals surface area contributed by atoms with E-state index in [4.69, 9.17) is 0 Å². The fourth-order valence-electron chi connectivity index (χ4n) is 3.57. The fraction of sp³-hybridized carbons (Fsp3) is 0.571. The first-order chi connectivity index (χ1) is 13.1. The topological polar surface area (TPSA) is 65.5 Å². The van der Waals surface area contributed by atoms with Gasteiger partial charge in [0.15, 0.2) is 0 Å². The first-order valence-corrected chi connectivity index (χ1v) is 9.99. The number of carbonyl (C=O) groups is 2. The number of amides is 2. The highest BCUT2D eigenvalue weighted by Crippen LogP contribution is 2.26. The first kappa shape index (κ1) is 19.4. The Morgan fingerprint density at radius 2 is 2.07 bits per heavy atom. The zero-order valence-electron chi connectivity index (χ0n) is 16.2.